The van der Waals surface area contributed by atoms with Crippen molar-refractivity contribution in [2.45, 2.75) is 38.1 Å². The fourth-order valence-electron chi connectivity index (χ4n) is 3.73. The van der Waals surface area contributed by atoms with Crippen molar-refractivity contribution in [3.63, 3.8) is 0 Å². The van der Waals surface area contributed by atoms with Crippen molar-refractivity contribution in [1.29, 1.82) is 0 Å². The van der Waals surface area contributed by atoms with Gasteiger partial charge in [0, 0.05) is 25.5 Å². The smallest absolute Gasteiger partial charge is 0.257 e. The number of hydrogen-bond acceptors (Lipinski definition) is 4. The molecule has 0 aromatic carbocycles. The van der Waals surface area contributed by atoms with E-state index in [0.29, 0.717) is 51.2 Å². The van der Waals surface area contributed by atoms with Gasteiger partial charge < -0.3 is 14.4 Å². The van der Waals surface area contributed by atoms with Crippen LogP contribution >= 0.6 is 0 Å². The number of ketones is 1. The number of carbonyl (C=O) groups is 2. The Bertz CT molecular complexity index is 554. The summed E-state index contributed by atoms with van der Waals surface area (Å²) in [4.78, 5) is 27.3. The maximum atomic E-state index is 13.0. The third-order valence-electron chi connectivity index (χ3n) is 5.00. The number of nitrogens with zero attached hydrogens (tertiary/aromatic N) is 1. The Kier molecular flexibility index (Phi) is 7.14. The van der Waals surface area contributed by atoms with Gasteiger partial charge in [-0.25, -0.2) is 0 Å². The molecule has 5 nitrogen and oxygen atoms in total. The molecule has 2 aliphatic rings. The van der Waals surface area contributed by atoms with Gasteiger partial charge in [-0.3, -0.25) is 9.59 Å². The minimum Gasteiger partial charge on any atom is -0.383 e. The summed E-state index contributed by atoms with van der Waals surface area (Å²) in [5.74, 6) is -0.238. The second-order valence-electron chi connectivity index (χ2n) is 6.89. The maximum Gasteiger partial charge on any atom is 0.257 e. The Balaban J connectivity index is 2.24. The Morgan fingerprint density at radius 1 is 1.44 bits per heavy atom. The Hall–Kier alpha value is -1.72. The average molecular weight is 347 g/mol. The average Bonchev–Trinajstić information content (AvgIpc) is 3.06. The van der Waals surface area contributed by atoms with Crippen LogP contribution in [-0.4, -0.2) is 56.1 Å². The molecule has 0 aromatic heterocycles. The number of Topliss-reactive ketones (excluding diaryl/α,β-unsaturated/α-hetero) is 1. The van der Waals surface area contributed by atoms with Gasteiger partial charge in [-0.15, -0.1) is 13.2 Å². The Morgan fingerprint density at radius 2 is 2.24 bits per heavy atom. The topological polar surface area (TPSA) is 55.8 Å². The van der Waals surface area contributed by atoms with Gasteiger partial charge in [0.05, 0.1) is 31.4 Å². The number of rotatable bonds is 9. The highest BCUT2D eigenvalue weighted by atomic mass is 16.5. The predicted molar refractivity (Wildman–Crippen MR) is 97.2 cm³/mol. The van der Waals surface area contributed by atoms with Crippen LogP contribution < -0.4 is 0 Å². The first-order valence-electron chi connectivity index (χ1n) is 8.92. The van der Waals surface area contributed by atoms with E-state index in [-0.39, 0.29) is 23.1 Å². The molecule has 0 bridgehead atoms. The lowest BCUT2D eigenvalue weighted by atomic mass is 9.74. The van der Waals surface area contributed by atoms with E-state index >= 15 is 0 Å². The van der Waals surface area contributed by atoms with Gasteiger partial charge in [0.15, 0.2) is 5.78 Å². The molecule has 138 valence electrons. The van der Waals surface area contributed by atoms with Crippen LogP contribution in [0.4, 0.5) is 0 Å². The summed E-state index contributed by atoms with van der Waals surface area (Å²) in [5, 5.41) is 0. The van der Waals surface area contributed by atoms with Crippen LogP contribution in [0.15, 0.2) is 37.0 Å². The summed E-state index contributed by atoms with van der Waals surface area (Å²) >= 11 is 0. The molecule has 5 heteroatoms. The van der Waals surface area contributed by atoms with E-state index in [4.69, 9.17) is 9.47 Å². The lowest BCUT2D eigenvalue weighted by Gasteiger charge is -2.34. The molecule has 0 saturated carbocycles. The molecule has 0 spiro atoms. The molecule has 1 amide bonds. The first-order valence-corrected chi connectivity index (χ1v) is 8.92. The summed E-state index contributed by atoms with van der Waals surface area (Å²) in [6.07, 6.45) is 8.95. The third kappa shape index (κ3) is 4.67. The molecule has 1 heterocycles. The van der Waals surface area contributed by atoms with Crippen molar-refractivity contribution in [2.75, 3.05) is 33.5 Å². The van der Waals surface area contributed by atoms with Crippen LogP contribution in [0.2, 0.25) is 0 Å². The molecule has 1 saturated heterocycles. The molecule has 0 radical (unpaired) electrons. The van der Waals surface area contributed by atoms with Gasteiger partial charge >= 0.3 is 0 Å². The molecule has 1 aliphatic carbocycles. The summed E-state index contributed by atoms with van der Waals surface area (Å²) in [7, 11) is 1.64. The standard InChI is InChI=1S/C20H29NO4/c1-4-9-20(15-25-12-5-2)10-8-18(22)17(13-20)19(23)21-11-6-7-16(21)14-24-3/h4-5,13,16H,1-2,6-12,14-15H2,3H3/t16-,20+/m0/s1. The highest BCUT2D eigenvalue weighted by molar-refractivity contribution is 6.19. The molecule has 2 rings (SSSR count). The number of likely N-dealkylation sites (tertiary alicyclic amines) is 1. The molecular formula is C20H29NO4. The van der Waals surface area contributed by atoms with E-state index < -0.39 is 0 Å². The number of allylic oxidation sites excluding steroid dienone is 1. The molecule has 2 atom stereocenters. The molecule has 0 aromatic rings. The molecule has 0 N–H and O–H groups in total. The highest BCUT2D eigenvalue weighted by Gasteiger charge is 2.39. The number of methoxy groups -OCH3 is 1. The van der Waals surface area contributed by atoms with E-state index in [1.54, 1.807) is 18.1 Å². The zero-order valence-corrected chi connectivity index (χ0v) is 15.2. The minimum absolute atomic E-state index is 0.0546. The number of hydrogen-bond donors (Lipinski definition) is 0. The van der Waals surface area contributed by atoms with Gasteiger partial charge in [0.2, 0.25) is 0 Å². The fourth-order valence-corrected chi connectivity index (χ4v) is 3.73. The first kappa shape index (κ1) is 19.6. The van der Waals surface area contributed by atoms with Crippen LogP contribution in [0.5, 0.6) is 0 Å². The summed E-state index contributed by atoms with van der Waals surface area (Å²) in [5.41, 5.74) is -0.0431. The molecular weight excluding hydrogens is 318 g/mol. The van der Waals surface area contributed by atoms with Crippen LogP contribution in [0.3, 0.4) is 0 Å². The van der Waals surface area contributed by atoms with Gasteiger partial charge in [0.25, 0.3) is 5.91 Å². The van der Waals surface area contributed by atoms with Crippen LogP contribution in [0.25, 0.3) is 0 Å². The number of ether oxygens (including phenoxy) is 2. The fraction of sp³-hybridized carbons (Fsp3) is 0.600. The van der Waals surface area contributed by atoms with E-state index in [1.165, 1.54) is 0 Å². The zero-order chi connectivity index (χ0) is 18.3. The van der Waals surface area contributed by atoms with Crippen molar-refractivity contribution >= 4 is 11.7 Å². The highest BCUT2D eigenvalue weighted by Crippen LogP contribution is 2.38. The van der Waals surface area contributed by atoms with E-state index in [1.807, 2.05) is 12.2 Å². The summed E-state index contributed by atoms with van der Waals surface area (Å²) in [6, 6.07) is 0.0546. The quantitative estimate of drug-likeness (QED) is 0.366. The second-order valence-corrected chi connectivity index (χ2v) is 6.89. The predicted octanol–water partition coefficient (Wildman–Crippen LogP) is 2.68. The normalized spacial score (nSPS) is 26.4. The minimum atomic E-state index is -0.347. The zero-order valence-electron chi connectivity index (χ0n) is 15.2. The van der Waals surface area contributed by atoms with E-state index in [9.17, 15) is 9.59 Å². The number of amides is 1. The van der Waals surface area contributed by atoms with Crippen LogP contribution in [0, 0.1) is 5.41 Å². The SMILES string of the molecule is C=CCOC[C@@]1(CC=C)C=C(C(=O)N2CCC[C@H]2COC)C(=O)CC1. The number of carbonyl (C=O) groups excluding carboxylic acids is 2. The lowest BCUT2D eigenvalue weighted by Crippen LogP contribution is -2.42. The molecule has 0 unspecified atom stereocenters. The van der Waals surface area contributed by atoms with Crippen molar-refractivity contribution in [2.24, 2.45) is 5.41 Å². The van der Waals surface area contributed by atoms with Crippen LogP contribution in [-0.2, 0) is 19.1 Å². The second kappa shape index (κ2) is 9.11. The monoisotopic (exact) mass is 347 g/mol. The van der Waals surface area contributed by atoms with Gasteiger partial charge in [-0.05, 0) is 25.7 Å². The van der Waals surface area contributed by atoms with Gasteiger partial charge in [-0.1, -0.05) is 18.2 Å². The van der Waals surface area contributed by atoms with Crippen molar-refractivity contribution in [1.82, 2.24) is 4.90 Å². The third-order valence-corrected chi connectivity index (χ3v) is 5.00. The lowest BCUT2D eigenvalue weighted by molar-refractivity contribution is -0.132. The molecule has 25 heavy (non-hydrogen) atoms. The van der Waals surface area contributed by atoms with E-state index in [0.717, 1.165) is 12.8 Å². The van der Waals surface area contributed by atoms with Crippen molar-refractivity contribution in [3.05, 3.63) is 37.0 Å². The maximum absolute atomic E-state index is 13.0. The summed E-state index contributed by atoms with van der Waals surface area (Å²) < 4.78 is 10.9. The summed E-state index contributed by atoms with van der Waals surface area (Å²) in [6.45, 7) is 9.58. The van der Waals surface area contributed by atoms with Gasteiger partial charge in [0.1, 0.15) is 0 Å². The molecule has 1 fully saturated rings. The largest absolute Gasteiger partial charge is 0.383 e. The Morgan fingerprint density at radius 3 is 2.92 bits per heavy atom. The van der Waals surface area contributed by atoms with E-state index in [2.05, 4.69) is 13.2 Å². The van der Waals surface area contributed by atoms with Crippen molar-refractivity contribution < 1.29 is 19.1 Å². The Labute approximate surface area is 150 Å². The van der Waals surface area contributed by atoms with Crippen LogP contribution in [0.1, 0.15) is 32.1 Å². The molecule has 1 aliphatic heterocycles. The van der Waals surface area contributed by atoms with Crippen molar-refractivity contribution in [3.8, 4) is 0 Å². The first-order chi connectivity index (χ1) is 12.1. The van der Waals surface area contributed by atoms with Gasteiger partial charge in [-0.2, -0.15) is 0 Å².